The van der Waals surface area contributed by atoms with Crippen LogP contribution in [0.1, 0.15) is 12.5 Å². The molecule has 0 unspecified atom stereocenters. The molecule has 29 heavy (non-hydrogen) atoms. The van der Waals surface area contributed by atoms with Gasteiger partial charge in [0.2, 0.25) is 5.75 Å². The highest BCUT2D eigenvalue weighted by Gasteiger charge is 2.46. The van der Waals surface area contributed by atoms with Crippen LogP contribution in [0.5, 0.6) is 17.2 Å². The molecular weight excluding hydrogens is 388 g/mol. The molecule has 0 bridgehead atoms. The monoisotopic (exact) mass is 414 g/mol. The first kappa shape index (κ1) is 22.9. The molecule has 10 nitrogen and oxygen atoms in total. The van der Waals surface area contributed by atoms with E-state index >= 15 is 0 Å². The second kappa shape index (κ2) is 10.4. The summed E-state index contributed by atoms with van der Waals surface area (Å²) in [5, 5.41) is 39.4. The standard InChI is InChI=1S/C19H26O10/c1-4-27-19-18(17(24)16(23)13(9-20)28-19)29-14(21)6-5-10-7-11(25-2)15(22)12(8-10)26-3/h5-8,13,16-20,22-24H,4,9H2,1-3H3/b6-5+/t13-,16-,17+,18-,19-/m1/s1. The van der Waals surface area contributed by atoms with E-state index in [0.29, 0.717) is 5.56 Å². The summed E-state index contributed by atoms with van der Waals surface area (Å²) < 4.78 is 26.0. The Morgan fingerprint density at radius 3 is 2.31 bits per heavy atom. The van der Waals surface area contributed by atoms with Crippen molar-refractivity contribution in [2.45, 2.75) is 37.6 Å². The van der Waals surface area contributed by atoms with Crippen LogP contribution in [0.3, 0.4) is 0 Å². The van der Waals surface area contributed by atoms with Gasteiger partial charge in [-0.25, -0.2) is 4.79 Å². The van der Waals surface area contributed by atoms with E-state index < -0.39 is 43.3 Å². The molecule has 4 N–H and O–H groups in total. The summed E-state index contributed by atoms with van der Waals surface area (Å²) in [6, 6.07) is 2.97. The van der Waals surface area contributed by atoms with Gasteiger partial charge in [0, 0.05) is 12.7 Å². The summed E-state index contributed by atoms with van der Waals surface area (Å²) in [5.74, 6) is -0.696. The number of esters is 1. The Kier molecular flexibility index (Phi) is 8.23. The van der Waals surface area contributed by atoms with Gasteiger partial charge in [-0.05, 0) is 30.7 Å². The number of hydrogen-bond acceptors (Lipinski definition) is 10. The number of benzene rings is 1. The zero-order valence-electron chi connectivity index (χ0n) is 16.3. The van der Waals surface area contributed by atoms with Crippen molar-refractivity contribution in [2.75, 3.05) is 27.4 Å². The number of ether oxygens (including phenoxy) is 5. The predicted octanol–water partition coefficient (Wildman–Crippen LogP) is -0.190. The van der Waals surface area contributed by atoms with Crippen molar-refractivity contribution in [2.24, 2.45) is 0 Å². The summed E-state index contributed by atoms with van der Waals surface area (Å²) in [5.41, 5.74) is 0.482. The zero-order chi connectivity index (χ0) is 21.6. The molecule has 1 aromatic rings. The molecule has 0 amide bonds. The molecule has 0 aromatic heterocycles. The van der Waals surface area contributed by atoms with Crippen LogP contribution in [0.15, 0.2) is 18.2 Å². The normalized spacial score (nSPS) is 27.0. The molecule has 1 saturated heterocycles. The van der Waals surface area contributed by atoms with Crippen LogP contribution in [0.2, 0.25) is 0 Å². The average Bonchev–Trinajstić information content (AvgIpc) is 2.72. The zero-order valence-corrected chi connectivity index (χ0v) is 16.3. The van der Waals surface area contributed by atoms with Gasteiger partial charge in [0.05, 0.1) is 20.8 Å². The Bertz CT molecular complexity index is 694. The molecule has 1 aliphatic heterocycles. The molecule has 5 atom stereocenters. The second-order valence-corrected chi connectivity index (χ2v) is 6.17. The van der Waals surface area contributed by atoms with E-state index in [1.165, 1.54) is 32.4 Å². The van der Waals surface area contributed by atoms with Gasteiger partial charge in [0.1, 0.15) is 18.3 Å². The predicted molar refractivity (Wildman–Crippen MR) is 99.5 cm³/mol. The van der Waals surface area contributed by atoms with Gasteiger partial charge in [0.25, 0.3) is 0 Å². The van der Waals surface area contributed by atoms with E-state index in [0.717, 1.165) is 6.08 Å². The topological polar surface area (TPSA) is 144 Å². The van der Waals surface area contributed by atoms with Gasteiger partial charge in [-0.15, -0.1) is 0 Å². The van der Waals surface area contributed by atoms with Gasteiger partial charge in [-0.3, -0.25) is 0 Å². The van der Waals surface area contributed by atoms with E-state index in [2.05, 4.69) is 0 Å². The molecule has 0 aliphatic carbocycles. The lowest BCUT2D eigenvalue weighted by Crippen LogP contribution is -2.60. The minimum absolute atomic E-state index is 0.156. The molecule has 1 aliphatic rings. The fraction of sp³-hybridized carbons (Fsp3) is 0.526. The minimum Gasteiger partial charge on any atom is -0.502 e. The number of carbonyl (C=O) groups excluding carboxylic acids is 1. The van der Waals surface area contributed by atoms with Crippen molar-refractivity contribution in [1.82, 2.24) is 0 Å². The maximum atomic E-state index is 12.2. The van der Waals surface area contributed by atoms with Crippen molar-refractivity contribution in [1.29, 1.82) is 0 Å². The average molecular weight is 414 g/mol. The van der Waals surface area contributed by atoms with E-state index in [4.69, 9.17) is 23.7 Å². The van der Waals surface area contributed by atoms with Crippen LogP contribution in [-0.4, -0.2) is 84.5 Å². The molecule has 1 aromatic carbocycles. The maximum absolute atomic E-state index is 12.2. The first-order chi connectivity index (χ1) is 13.9. The Labute approximate surface area is 167 Å². The van der Waals surface area contributed by atoms with E-state index in [1.54, 1.807) is 6.92 Å². The highest BCUT2D eigenvalue weighted by Crippen LogP contribution is 2.37. The third-order valence-electron chi connectivity index (χ3n) is 4.32. The van der Waals surface area contributed by atoms with Crippen molar-refractivity contribution in [3.63, 3.8) is 0 Å². The maximum Gasteiger partial charge on any atom is 0.331 e. The largest absolute Gasteiger partial charge is 0.502 e. The quantitative estimate of drug-likeness (QED) is 0.334. The van der Waals surface area contributed by atoms with Gasteiger partial charge < -0.3 is 44.1 Å². The number of phenols is 1. The molecule has 1 fully saturated rings. The molecule has 1 heterocycles. The third-order valence-corrected chi connectivity index (χ3v) is 4.32. The lowest BCUT2D eigenvalue weighted by atomic mass is 9.99. The first-order valence-electron chi connectivity index (χ1n) is 8.93. The number of phenolic OH excluding ortho intramolecular Hbond substituents is 1. The molecule has 2 rings (SSSR count). The lowest BCUT2D eigenvalue weighted by Gasteiger charge is -2.41. The van der Waals surface area contributed by atoms with Crippen LogP contribution in [0, 0.1) is 0 Å². The molecule has 10 heteroatoms. The summed E-state index contributed by atoms with van der Waals surface area (Å²) >= 11 is 0. The van der Waals surface area contributed by atoms with Gasteiger partial charge >= 0.3 is 5.97 Å². The number of aromatic hydroxyl groups is 1. The Morgan fingerprint density at radius 2 is 1.79 bits per heavy atom. The van der Waals surface area contributed by atoms with Gasteiger partial charge in [-0.2, -0.15) is 0 Å². The first-order valence-corrected chi connectivity index (χ1v) is 8.93. The summed E-state index contributed by atoms with van der Waals surface area (Å²) in [4.78, 5) is 12.2. The summed E-state index contributed by atoms with van der Waals surface area (Å²) in [7, 11) is 2.75. The SMILES string of the molecule is CCO[C@@H]1O[C@H](CO)[C@@H](O)[C@H](O)[C@H]1OC(=O)/C=C/c1cc(OC)c(O)c(OC)c1. The highest BCUT2D eigenvalue weighted by atomic mass is 16.7. The molecule has 0 saturated carbocycles. The van der Waals surface area contributed by atoms with E-state index in [9.17, 15) is 25.2 Å². The van der Waals surface area contributed by atoms with Crippen molar-refractivity contribution in [3.8, 4) is 17.2 Å². The summed E-state index contributed by atoms with van der Waals surface area (Å²) in [6.07, 6.45) is -4.00. The van der Waals surface area contributed by atoms with Crippen LogP contribution < -0.4 is 9.47 Å². The highest BCUT2D eigenvalue weighted by molar-refractivity contribution is 5.87. The second-order valence-electron chi connectivity index (χ2n) is 6.17. The Morgan fingerprint density at radius 1 is 1.17 bits per heavy atom. The fourth-order valence-corrected chi connectivity index (χ4v) is 2.83. The fourth-order valence-electron chi connectivity index (χ4n) is 2.83. The van der Waals surface area contributed by atoms with Crippen molar-refractivity contribution < 1.29 is 48.9 Å². The number of carbonyl (C=O) groups is 1. The lowest BCUT2D eigenvalue weighted by molar-refractivity contribution is -0.302. The number of rotatable bonds is 8. The number of hydrogen-bond donors (Lipinski definition) is 4. The minimum atomic E-state index is -1.51. The smallest absolute Gasteiger partial charge is 0.331 e. The van der Waals surface area contributed by atoms with Crippen LogP contribution >= 0.6 is 0 Å². The van der Waals surface area contributed by atoms with E-state index in [1.807, 2.05) is 0 Å². The number of methoxy groups -OCH3 is 2. The molecular formula is C19H26O10. The van der Waals surface area contributed by atoms with Gasteiger partial charge in [-0.1, -0.05) is 0 Å². The summed E-state index contributed by atoms with van der Waals surface area (Å²) in [6.45, 7) is 1.34. The molecule has 0 spiro atoms. The van der Waals surface area contributed by atoms with Crippen LogP contribution in [0.4, 0.5) is 0 Å². The molecule has 0 radical (unpaired) electrons. The Balaban J connectivity index is 2.14. The Hall–Kier alpha value is -2.37. The van der Waals surface area contributed by atoms with Crippen molar-refractivity contribution in [3.05, 3.63) is 23.8 Å². The number of aliphatic hydroxyl groups is 3. The molecule has 162 valence electrons. The third kappa shape index (κ3) is 5.37. The van der Waals surface area contributed by atoms with E-state index in [-0.39, 0.29) is 23.9 Å². The van der Waals surface area contributed by atoms with Crippen molar-refractivity contribution >= 4 is 12.0 Å². The van der Waals surface area contributed by atoms with Crippen LogP contribution in [-0.2, 0) is 19.0 Å². The van der Waals surface area contributed by atoms with Crippen LogP contribution in [0.25, 0.3) is 6.08 Å². The van der Waals surface area contributed by atoms with Gasteiger partial charge in [0.15, 0.2) is 23.9 Å². The number of aliphatic hydroxyl groups excluding tert-OH is 3.